The van der Waals surface area contributed by atoms with Crippen LogP contribution in [0.4, 0.5) is 5.95 Å². The Morgan fingerprint density at radius 2 is 2.08 bits per heavy atom. The number of benzene rings is 1. The zero-order valence-corrected chi connectivity index (χ0v) is 14.4. The molecule has 0 N–H and O–H groups in total. The van der Waals surface area contributed by atoms with Crippen molar-refractivity contribution in [2.24, 2.45) is 5.92 Å². The summed E-state index contributed by atoms with van der Waals surface area (Å²) in [5.41, 5.74) is 2.91. The van der Waals surface area contributed by atoms with Crippen molar-refractivity contribution in [3.05, 3.63) is 51.3 Å². The van der Waals surface area contributed by atoms with E-state index in [-0.39, 0.29) is 24.2 Å². The van der Waals surface area contributed by atoms with Gasteiger partial charge in [-0.05, 0) is 53.9 Å². The van der Waals surface area contributed by atoms with Crippen molar-refractivity contribution in [1.82, 2.24) is 9.55 Å². The molecule has 0 aliphatic heterocycles. The van der Waals surface area contributed by atoms with Gasteiger partial charge in [0.15, 0.2) is 5.78 Å². The number of nitro groups is 1. The lowest BCUT2D eigenvalue weighted by molar-refractivity contribution is -0.396. The second-order valence-electron chi connectivity index (χ2n) is 6.38. The van der Waals surface area contributed by atoms with Gasteiger partial charge in [-0.15, -0.1) is 0 Å². The molecule has 25 heavy (non-hydrogen) atoms. The van der Waals surface area contributed by atoms with Gasteiger partial charge in [0, 0.05) is 5.56 Å². The molecule has 0 saturated carbocycles. The maximum atomic E-state index is 13.0. The summed E-state index contributed by atoms with van der Waals surface area (Å²) in [5, 5.41) is 11.0. The fourth-order valence-corrected chi connectivity index (χ4v) is 3.52. The molecule has 0 radical (unpaired) electrons. The SMILES string of the molecule is COc1ccc(C(=O)C(C)Cn2ccnc2[N+](=O)[O-])c2c1CCCC2. The second kappa shape index (κ2) is 7.04. The number of Topliss-reactive ketones (excluding diaryl/α,β-unsaturated/α-hetero) is 1. The number of carbonyl (C=O) groups is 1. The van der Waals surface area contributed by atoms with E-state index < -0.39 is 4.92 Å². The smallest absolute Gasteiger partial charge is 0.434 e. The van der Waals surface area contributed by atoms with E-state index >= 15 is 0 Å². The van der Waals surface area contributed by atoms with E-state index in [9.17, 15) is 14.9 Å². The van der Waals surface area contributed by atoms with Crippen LogP contribution in [-0.2, 0) is 19.4 Å². The van der Waals surface area contributed by atoms with Crippen molar-refractivity contribution in [3.63, 3.8) is 0 Å². The van der Waals surface area contributed by atoms with Gasteiger partial charge < -0.3 is 14.9 Å². The van der Waals surface area contributed by atoms with E-state index in [4.69, 9.17) is 4.74 Å². The molecule has 0 saturated heterocycles. The summed E-state index contributed by atoms with van der Waals surface area (Å²) in [7, 11) is 1.65. The normalized spacial score (nSPS) is 14.6. The van der Waals surface area contributed by atoms with Crippen molar-refractivity contribution in [2.45, 2.75) is 39.2 Å². The number of carbonyl (C=O) groups excluding carboxylic acids is 1. The summed E-state index contributed by atoms with van der Waals surface area (Å²) in [6.45, 7) is 2.03. The maximum Gasteiger partial charge on any atom is 0.434 e. The minimum Gasteiger partial charge on any atom is -0.496 e. The standard InChI is InChI=1S/C18H21N3O4/c1-12(11-20-10-9-19-18(20)21(23)24)17(22)15-7-8-16(25-2)14-6-4-3-5-13(14)15/h7-10,12H,3-6,11H2,1-2H3. The van der Waals surface area contributed by atoms with Gasteiger partial charge in [-0.3, -0.25) is 4.79 Å². The molecule has 0 amide bonds. The molecule has 0 fully saturated rings. The maximum absolute atomic E-state index is 13.0. The van der Waals surface area contributed by atoms with Gasteiger partial charge in [-0.2, -0.15) is 0 Å². The Morgan fingerprint density at radius 3 is 2.76 bits per heavy atom. The lowest BCUT2D eigenvalue weighted by atomic mass is 9.84. The van der Waals surface area contributed by atoms with E-state index in [1.165, 1.54) is 17.0 Å². The second-order valence-corrected chi connectivity index (χ2v) is 6.38. The fourth-order valence-electron chi connectivity index (χ4n) is 3.52. The number of fused-ring (bicyclic) bond motifs is 1. The number of hydrogen-bond acceptors (Lipinski definition) is 5. The van der Waals surface area contributed by atoms with Crippen molar-refractivity contribution < 1.29 is 14.5 Å². The van der Waals surface area contributed by atoms with E-state index in [2.05, 4.69) is 4.98 Å². The molecule has 0 spiro atoms. The van der Waals surface area contributed by atoms with Crippen LogP contribution in [-0.4, -0.2) is 27.4 Å². The molecule has 1 aliphatic rings. The predicted octanol–water partition coefficient (Wildman–Crippen LogP) is 3.20. The molecule has 1 atom stereocenters. The molecule has 2 aromatic rings. The summed E-state index contributed by atoms with van der Waals surface area (Å²) < 4.78 is 6.85. The van der Waals surface area contributed by atoms with Crippen LogP contribution in [0.5, 0.6) is 5.75 Å². The van der Waals surface area contributed by atoms with Crippen molar-refractivity contribution in [2.75, 3.05) is 7.11 Å². The first-order valence-electron chi connectivity index (χ1n) is 8.41. The number of ketones is 1. The first-order chi connectivity index (χ1) is 12.0. The summed E-state index contributed by atoms with van der Waals surface area (Å²) in [4.78, 5) is 27.2. The number of ether oxygens (including phenoxy) is 1. The highest BCUT2D eigenvalue weighted by Crippen LogP contribution is 2.33. The summed E-state index contributed by atoms with van der Waals surface area (Å²) in [6.07, 6.45) is 6.85. The number of methoxy groups -OCH3 is 1. The summed E-state index contributed by atoms with van der Waals surface area (Å²) >= 11 is 0. The predicted molar refractivity (Wildman–Crippen MR) is 92.0 cm³/mol. The first-order valence-corrected chi connectivity index (χ1v) is 8.41. The van der Waals surface area contributed by atoms with E-state index in [1.54, 1.807) is 14.0 Å². The van der Waals surface area contributed by atoms with Gasteiger partial charge in [-0.1, -0.05) is 11.9 Å². The number of hydrogen-bond donors (Lipinski definition) is 0. The van der Waals surface area contributed by atoms with Crippen LogP contribution in [0.3, 0.4) is 0 Å². The Kier molecular flexibility index (Phi) is 4.83. The molecule has 3 rings (SSSR count). The van der Waals surface area contributed by atoms with Crippen molar-refractivity contribution >= 4 is 11.7 Å². The van der Waals surface area contributed by atoms with Crippen LogP contribution >= 0.6 is 0 Å². The quantitative estimate of drug-likeness (QED) is 0.457. The van der Waals surface area contributed by atoms with Gasteiger partial charge in [0.25, 0.3) is 0 Å². The average molecular weight is 343 g/mol. The zero-order chi connectivity index (χ0) is 18.0. The third kappa shape index (κ3) is 3.26. The highest BCUT2D eigenvalue weighted by Gasteiger charge is 2.26. The average Bonchev–Trinajstić information content (AvgIpc) is 3.08. The molecular formula is C18H21N3O4. The topological polar surface area (TPSA) is 87.3 Å². The molecule has 7 nitrogen and oxygen atoms in total. The molecule has 1 heterocycles. The van der Waals surface area contributed by atoms with E-state index in [1.807, 2.05) is 12.1 Å². The number of nitrogens with zero attached hydrogens (tertiary/aromatic N) is 3. The summed E-state index contributed by atoms with van der Waals surface area (Å²) in [5.74, 6) is 0.219. The third-order valence-corrected chi connectivity index (χ3v) is 4.75. The minimum atomic E-state index is -0.535. The highest BCUT2D eigenvalue weighted by atomic mass is 16.6. The Hall–Kier alpha value is -2.70. The van der Waals surface area contributed by atoms with Gasteiger partial charge in [0.2, 0.25) is 0 Å². The largest absolute Gasteiger partial charge is 0.496 e. The lowest BCUT2D eigenvalue weighted by Gasteiger charge is -2.22. The van der Waals surface area contributed by atoms with Crippen LogP contribution in [0.1, 0.15) is 41.3 Å². The summed E-state index contributed by atoms with van der Waals surface area (Å²) in [6, 6.07) is 3.67. The van der Waals surface area contributed by atoms with Crippen molar-refractivity contribution in [3.8, 4) is 5.75 Å². The number of imidazole rings is 1. The lowest BCUT2D eigenvalue weighted by Crippen LogP contribution is -2.21. The Balaban J connectivity index is 1.88. The van der Waals surface area contributed by atoms with Gasteiger partial charge in [0.05, 0.1) is 19.6 Å². The molecule has 1 aliphatic carbocycles. The van der Waals surface area contributed by atoms with Gasteiger partial charge in [-0.25, -0.2) is 4.57 Å². The Bertz CT molecular complexity index is 813. The first kappa shape index (κ1) is 17.1. The monoisotopic (exact) mass is 343 g/mol. The number of aromatic nitrogens is 2. The molecular weight excluding hydrogens is 322 g/mol. The molecule has 7 heteroatoms. The van der Waals surface area contributed by atoms with Crippen LogP contribution in [0, 0.1) is 16.0 Å². The molecule has 1 aromatic heterocycles. The van der Waals surface area contributed by atoms with Crippen LogP contribution in [0.2, 0.25) is 0 Å². The van der Waals surface area contributed by atoms with Crippen LogP contribution in [0.15, 0.2) is 24.5 Å². The molecule has 0 bridgehead atoms. The fraction of sp³-hybridized carbons (Fsp3) is 0.444. The van der Waals surface area contributed by atoms with E-state index in [0.717, 1.165) is 42.6 Å². The molecule has 1 unspecified atom stereocenters. The van der Waals surface area contributed by atoms with Crippen LogP contribution < -0.4 is 4.74 Å². The molecule has 132 valence electrons. The zero-order valence-electron chi connectivity index (χ0n) is 14.4. The minimum absolute atomic E-state index is 0.00352. The third-order valence-electron chi connectivity index (χ3n) is 4.75. The Morgan fingerprint density at radius 1 is 1.36 bits per heavy atom. The van der Waals surface area contributed by atoms with Crippen molar-refractivity contribution in [1.29, 1.82) is 0 Å². The number of rotatable bonds is 6. The molecule has 1 aromatic carbocycles. The van der Waals surface area contributed by atoms with Gasteiger partial charge >= 0.3 is 5.95 Å². The highest BCUT2D eigenvalue weighted by molar-refractivity contribution is 5.99. The van der Waals surface area contributed by atoms with E-state index in [0.29, 0.717) is 5.56 Å². The Labute approximate surface area is 145 Å². The van der Waals surface area contributed by atoms with Crippen LogP contribution in [0.25, 0.3) is 0 Å². The van der Waals surface area contributed by atoms with Gasteiger partial charge in [0.1, 0.15) is 18.1 Å².